The van der Waals surface area contributed by atoms with Gasteiger partial charge < -0.3 is 11.1 Å². The summed E-state index contributed by atoms with van der Waals surface area (Å²) >= 11 is 5.09. The van der Waals surface area contributed by atoms with Gasteiger partial charge in [0.25, 0.3) is 0 Å². The molecule has 0 aliphatic rings. The second kappa shape index (κ2) is 7.76. The van der Waals surface area contributed by atoms with Crippen molar-refractivity contribution in [1.29, 1.82) is 0 Å². The lowest BCUT2D eigenvalue weighted by molar-refractivity contribution is 1.02. The predicted octanol–water partition coefficient (Wildman–Crippen LogP) is 2.32. The van der Waals surface area contributed by atoms with E-state index >= 15 is 0 Å². The number of nitrogens with two attached hydrogens (primary N) is 1. The topological polar surface area (TPSA) is 74.8 Å². The smallest absolute Gasteiger partial charge is 0.216 e. The molecule has 5 nitrogen and oxygen atoms in total. The van der Waals surface area contributed by atoms with Crippen LogP contribution in [0, 0.1) is 0 Å². The molecular formula is C15H15N5S. The number of para-hydroxylation sites is 1. The first-order chi connectivity index (χ1) is 10.2. The van der Waals surface area contributed by atoms with Crippen LogP contribution in [-0.4, -0.2) is 17.3 Å². The predicted molar refractivity (Wildman–Crippen MR) is 91.5 cm³/mol. The van der Waals surface area contributed by atoms with Crippen LogP contribution in [0.4, 0.5) is 5.69 Å². The first kappa shape index (κ1) is 14.7. The number of anilines is 1. The standard InChI is InChI=1S/C15H15N5S/c16-14(20-17-11-12-7-3-1-4-8-12)19-15(21)18-13-9-5-2-6-10-13/h1-11H,(H4,16,18,19,20,21). The highest BCUT2D eigenvalue weighted by Crippen LogP contribution is 2.05. The lowest BCUT2D eigenvalue weighted by Gasteiger charge is -2.04. The summed E-state index contributed by atoms with van der Waals surface area (Å²) in [4.78, 5) is 3.99. The first-order valence-corrected chi connectivity index (χ1v) is 6.69. The van der Waals surface area contributed by atoms with Crippen molar-refractivity contribution in [2.75, 3.05) is 5.32 Å². The van der Waals surface area contributed by atoms with Gasteiger partial charge in [0.1, 0.15) is 0 Å². The van der Waals surface area contributed by atoms with Crippen molar-refractivity contribution in [3.05, 3.63) is 66.2 Å². The fourth-order valence-corrected chi connectivity index (χ4v) is 1.74. The van der Waals surface area contributed by atoms with Crippen LogP contribution in [0.1, 0.15) is 5.56 Å². The van der Waals surface area contributed by atoms with E-state index in [4.69, 9.17) is 18.0 Å². The van der Waals surface area contributed by atoms with E-state index in [1.165, 1.54) is 0 Å². The van der Waals surface area contributed by atoms with E-state index in [-0.39, 0.29) is 11.1 Å². The molecule has 0 heterocycles. The van der Waals surface area contributed by atoms with Gasteiger partial charge >= 0.3 is 0 Å². The van der Waals surface area contributed by atoms with E-state index in [0.717, 1.165) is 11.3 Å². The minimum absolute atomic E-state index is 0.121. The summed E-state index contributed by atoms with van der Waals surface area (Å²) in [5, 5.41) is 7.20. The lowest BCUT2D eigenvalue weighted by atomic mass is 10.2. The average Bonchev–Trinajstić information content (AvgIpc) is 2.49. The highest BCUT2D eigenvalue weighted by atomic mass is 32.1. The van der Waals surface area contributed by atoms with Gasteiger partial charge in [0.05, 0.1) is 6.21 Å². The van der Waals surface area contributed by atoms with Gasteiger partial charge in [0.15, 0.2) is 0 Å². The summed E-state index contributed by atoms with van der Waals surface area (Å²) in [7, 11) is 0. The summed E-state index contributed by atoms with van der Waals surface area (Å²) in [5.41, 5.74) is 10.1. The number of benzene rings is 2. The number of hydrogen-bond donors (Lipinski definition) is 3. The summed E-state index contributed by atoms with van der Waals surface area (Å²) in [6.07, 6.45) is 1.65. The Kier molecular flexibility index (Phi) is 5.42. The molecule has 0 saturated heterocycles. The van der Waals surface area contributed by atoms with Gasteiger partial charge in [-0.15, -0.1) is 0 Å². The SMILES string of the molecule is NC(=NC(=S)Nc1ccccc1)NN=Cc1ccccc1. The molecule has 0 aliphatic carbocycles. The summed E-state index contributed by atoms with van der Waals surface area (Å²) < 4.78 is 0. The quantitative estimate of drug-likeness (QED) is 0.352. The Bertz CT molecular complexity index is 638. The molecule has 21 heavy (non-hydrogen) atoms. The van der Waals surface area contributed by atoms with E-state index in [1.807, 2.05) is 60.7 Å². The molecule has 0 fully saturated rings. The molecule has 6 heteroatoms. The minimum atomic E-state index is 0.121. The van der Waals surface area contributed by atoms with Crippen LogP contribution in [0.2, 0.25) is 0 Å². The van der Waals surface area contributed by atoms with Crippen LogP contribution < -0.4 is 16.5 Å². The van der Waals surface area contributed by atoms with Gasteiger partial charge in [0, 0.05) is 5.69 Å². The molecule has 0 spiro atoms. The molecule has 0 aliphatic heterocycles. The van der Waals surface area contributed by atoms with E-state index in [9.17, 15) is 0 Å². The van der Waals surface area contributed by atoms with Crippen molar-refractivity contribution in [3.63, 3.8) is 0 Å². The summed E-state index contributed by atoms with van der Waals surface area (Å²) in [6.45, 7) is 0. The van der Waals surface area contributed by atoms with E-state index in [1.54, 1.807) is 6.21 Å². The summed E-state index contributed by atoms with van der Waals surface area (Å²) in [6, 6.07) is 19.2. The molecule has 0 amide bonds. The van der Waals surface area contributed by atoms with Gasteiger partial charge in [-0.05, 0) is 29.9 Å². The van der Waals surface area contributed by atoms with Crippen LogP contribution in [-0.2, 0) is 0 Å². The Morgan fingerprint density at radius 2 is 1.62 bits per heavy atom. The zero-order valence-corrected chi connectivity index (χ0v) is 12.0. The van der Waals surface area contributed by atoms with Gasteiger partial charge in [0.2, 0.25) is 11.1 Å². The average molecular weight is 297 g/mol. The molecule has 4 N–H and O–H groups in total. The normalized spacial score (nSPS) is 11.3. The Hall–Kier alpha value is -2.73. The molecule has 0 saturated carbocycles. The molecule has 106 valence electrons. The van der Waals surface area contributed by atoms with Crippen molar-refractivity contribution >= 4 is 35.2 Å². The molecule has 2 aromatic carbocycles. The molecule has 0 unspecified atom stereocenters. The van der Waals surface area contributed by atoms with Crippen molar-refractivity contribution < 1.29 is 0 Å². The molecule has 0 aromatic heterocycles. The summed E-state index contributed by atoms with van der Waals surface area (Å²) in [5.74, 6) is 0.121. The third-order valence-electron chi connectivity index (χ3n) is 2.44. The number of hydrogen-bond acceptors (Lipinski definition) is 2. The maximum atomic E-state index is 5.69. The fraction of sp³-hybridized carbons (Fsp3) is 0. The van der Waals surface area contributed by atoms with Crippen molar-refractivity contribution in [2.24, 2.45) is 15.8 Å². The van der Waals surface area contributed by atoms with Crippen molar-refractivity contribution in [2.45, 2.75) is 0 Å². The van der Waals surface area contributed by atoms with Crippen LogP contribution in [0.15, 0.2) is 70.8 Å². The second-order valence-electron chi connectivity index (χ2n) is 4.07. The van der Waals surface area contributed by atoms with Gasteiger partial charge in [-0.2, -0.15) is 10.1 Å². The first-order valence-electron chi connectivity index (χ1n) is 6.28. The van der Waals surface area contributed by atoms with E-state index in [2.05, 4.69) is 20.8 Å². The zero-order chi connectivity index (χ0) is 14.9. The highest BCUT2D eigenvalue weighted by Gasteiger charge is 1.96. The number of nitrogens with zero attached hydrogens (tertiary/aromatic N) is 2. The Balaban J connectivity index is 1.86. The van der Waals surface area contributed by atoms with Crippen LogP contribution in [0.5, 0.6) is 0 Å². The fourth-order valence-electron chi connectivity index (χ4n) is 1.52. The molecular weight excluding hydrogens is 282 g/mol. The highest BCUT2D eigenvalue weighted by molar-refractivity contribution is 7.80. The van der Waals surface area contributed by atoms with E-state index in [0.29, 0.717) is 0 Å². The Morgan fingerprint density at radius 3 is 2.29 bits per heavy atom. The third-order valence-corrected chi connectivity index (χ3v) is 2.63. The maximum Gasteiger partial charge on any atom is 0.216 e. The Labute approximate surface area is 128 Å². The molecule has 0 bridgehead atoms. The molecule has 0 radical (unpaired) electrons. The Morgan fingerprint density at radius 1 is 1.00 bits per heavy atom. The van der Waals surface area contributed by atoms with Crippen LogP contribution in [0.3, 0.4) is 0 Å². The number of rotatable bonds is 3. The largest absolute Gasteiger partial charge is 0.368 e. The lowest BCUT2D eigenvalue weighted by Crippen LogP contribution is -2.29. The van der Waals surface area contributed by atoms with E-state index < -0.39 is 0 Å². The van der Waals surface area contributed by atoms with Crippen molar-refractivity contribution in [1.82, 2.24) is 5.43 Å². The van der Waals surface area contributed by atoms with Gasteiger partial charge in [-0.3, -0.25) is 0 Å². The number of aliphatic imine (C=N–C) groups is 1. The zero-order valence-electron chi connectivity index (χ0n) is 11.2. The number of nitrogens with one attached hydrogen (secondary N) is 2. The number of thiocarbonyl (C=S) groups is 1. The third kappa shape index (κ3) is 5.42. The molecule has 2 aromatic rings. The second-order valence-corrected chi connectivity index (χ2v) is 4.46. The van der Waals surface area contributed by atoms with Crippen LogP contribution in [0.25, 0.3) is 0 Å². The monoisotopic (exact) mass is 297 g/mol. The van der Waals surface area contributed by atoms with Crippen molar-refractivity contribution in [3.8, 4) is 0 Å². The van der Waals surface area contributed by atoms with Gasteiger partial charge in [-0.1, -0.05) is 48.5 Å². The van der Waals surface area contributed by atoms with Gasteiger partial charge in [-0.25, -0.2) is 5.43 Å². The molecule has 0 atom stereocenters. The number of hydrazone groups is 1. The minimum Gasteiger partial charge on any atom is -0.368 e. The number of guanidine groups is 1. The maximum absolute atomic E-state index is 5.69. The molecule has 2 rings (SSSR count). The van der Waals surface area contributed by atoms with Crippen LogP contribution >= 0.6 is 12.2 Å².